The van der Waals surface area contributed by atoms with Crippen LogP contribution in [0.3, 0.4) is 0 Å². The minimum atomic E-state index is -0.273. The average Bonchev–Trinajstić information content (AvgIpc) is 3.15. The molecule has 0 aromatic carbocycles. The second-order valence-electron chi connectivity index (χ2n) is 9.55. The van der Waals surface area contributed by atoms with Crippen molar-refractivity contribution in [3.05, 3.63) is 23.3 Å². The minimum absolute atomic E-state index is 0.192. The Morgan fingerprint density at radius 3 is 2.62 bits per heavy atom. The summed E-state index contributed by atoms with van der Waals surface area (Å²) in [6, 6.07) is 0. The molecule has 24 heavy (non-hydrogen) atoms. The van der Waals surface area contributed by atoms with E-state index in [0.717, 1.165) is 31.5 Å². The highest BCUT2D eigenvalue weighted by atomic mass is 16.7. The predicted octanol–water partition coefficient (Wildman–Crippen LogP) is 5.25. The second-order valence-corrected chi connectivity index (χ2v) is 9.55. The third-order valence-corrected chi connectivity index (χ3v) is 8.55. The molecule has 0 amide bonds. The van der Waals surface area contributed by atoms with E-state index >= 15 is 0 Å². The van der Waals surface area contributed by atoms with E-state index in [1.807, 2.05) is 0 Å². The lowest BCUT2D eigenvalue weighted by molar-refractivity contribution is -0.226. The van der Waals surface area contributed by atoms with Gasteiger partial charge in [0.1, 0.15) is 0 Å². The molecule has 0 N–H and O–H groups in total. The van der Waals surface area contributed by atoms with Crippen molar-refractivity contribution in [3.63, 3.8) is 0 Å². The quantitative estimate of drug-likeness (QED) is 0.566. The molecule has 1 saturated heterocycles. The summed E-state index contributed by atoms with van der Waals surface area (Å²) in [5, 5.41) is 0. The molecule has 2 heteroatoms. The van der Waals surface area contributed by atoms with Gasteiger partial charge in [-0.15, -0.1) is 0 Å². The molecule has 2 fully saturated rings. The summed E-state index contributed by atoms with van der Waals surface area (Å²) >= 11 is 0. The lowest BCUT2D eigenvalue weighted by Gasteiger charge is -2.54. The Labute approximate surface area is 146 Å². The summed E-state index contributed by atoms with van der Waals surface area (Å²) in [6.07, 6.45) is 14.0. The van der Waals surface area contributed by atoms with Crippen LogP contribution in [0.5, 0.6) is 0 Å². The van der Waals surface area contributed by atoms with Gasteiger partial charge in [0.15, 0.2) is 5.79 Å². The number of rotatable bonds is 0. The molecule has 5 aliphatic rings. The Bertz CT molecular complexity index is 611. The zero-order chi connectivity index (χ0) is 16.6. The maximum atomic E-state index is 6.24. The van der Waals surface area contributed by atoms with E-state index in [1.165, 1.54) is 38.5 Å². The van der Waals surface area contributed by atoms with E-state index in [4.69, 9.17) is 9.47 Å². The summed E-state index contributed by atoms with van der Waals surface area (Å²) in [6.45, 7) is 8.95. The number of fused-ring (bicyclic) bond motifs is 5. The summed E-state index contributed by atoms with van der Waals surface area (Å²) in [5.74, 6) is 2.03. The first-order valence-electron chi connectivity index (χ1n) is 10.2. The standard InChI is InChI=1S/C22H32O2/c1-15-6-9-20(2)16(14-15)4-5-17-18(20)7-10-21(3)19(17)8-11-22(21)23-12-13-24-22/h6,9,15-16,19H,4-5,7-8,10-14H2,1-3H3/t15?,16?,19?,20-,21-/m0/s1. The average molecular weight is 328 g/mol. The van der Waals surface area contributed by atoms with Crippen molar-refractivity contribution in [1.82, 2.24) is 0 Å². The third kappa shape index (κ3) is 1.80. The fourth-order valence-electron chi connectivity index (χ4n) is 7.12. The van der Waals surface area contributed by atoms with Crippen molar-refractivity contribution in [2.75, 3.05) is 13.2 Å². The van der Waals surface area contributed by atoms with Gasteiger partial charge in [0, 0.05) is 17.3 Å². The van der Waals surface area contributed by atoms with Gasteiger partial charge in [-0.2, -0.15) is 0 Å². The molecule has 0 aromatic rings. The van der Waals surface area contributed by atoms with Gasteiger partial charge in [0.05, 0.1) is 13.2 Å². The second kappa shape index (κ2) is 4.98. The van der Waals surface area contributed by atoms with Gasteiger partial charge in [0.2, 0.25) is 0 Å². The van der Waals surface area contributed by atoms with E-state index in [0.29, 0.717) is 11.3 Å². The highest BCUT2D eigenvalue weighted by Crippen LogP contribution is 2.66. The zero-order valence-corrected chi connectivity index (χ0v) is 15.6. The number of allylic oxidation sites excluding steroid dienone is 4. The summed E-state index contributed by atoms with van der Waals surface area (Å²) in [4.78, 5) is 0. The van der Waals surface area contributed by atoms with Crippen LogP contribution in [0.15, 0.2) is 23.3 Å². The van der Waals surface area contributed by atoms with Crippen molar-refractivity contribution in [3.8, 4) is 0 Å². The molecule has 1 spiro atoms. The van der Waals surface area contributed by atoms with Crippen molar-refractivity contribution < 1.29 is 9.47 Å². The van der Waals surface area contributed by atoms with Crippen LogP contribution in [0.4, 0.5) is 0 Å². The molecule has 1 saturated carbocycles. The van der Waals surface area contributed by atoms with E-state index in [9.17, 15) is 0 Å². The van der Waals surface area contributed by atoms with Gasteiger partial charge in [0.25, 0.3) is 0 Å². The van der Waals surface area contributed by atoms with Crippen LogP contribution in [0.25, 0.3) is 0 Å². The number of hydrogen-bond donors (Lipinski definition) is 0. The van der Waals surface area contributed by atoms with E-state index in [-0.39, 0.29) is 11.2 Å². The summed E-state index contributed by atoms with van der Waals surface area (Å²) in [7, 11) is 0. The smallest absolute Gasteiger partial charge is 0.174 e. The van der Waals surface area contributed by atoms with E-state index < -0.39 is 0 Å². The van der Waals surface area contributed by atoms with Crippen molar-refractivity contribution in [2.45, 2.75) is 71.5 Å². The molecule has 0 bridgehead atoms. The van der Waals surface area contributed by atoms with Crippen LogP contribution in [0, 0.1) is 28.6 Å². The Morgan fingerprint density at radius 1 is 1.04 bits per heavy atom. The molecular weight excluding hydrogens is 296 g/mol. The first kappa shape index (κ1) is 15.6. The molecule has 5 atom stereocenters. The van der Waals surface area contributed by atoms with Gasteiger partial charge >= 0.3 is 0 Å². The number of hydrogen-bond acceptors (Lipinski definition) is 2. The molecule has 2 nitrogen and oxygen atoms in total. The van der Waals surface area contributed by atoms with Crippen LogP contribution >= 0.6 is 0 Å². The lowest BCUT2D eigenvalue weighted by atomic mass is 9.52. The lowest BCUT2D eigenvalue weighted by Crippen LogP contribution is -2.50. The third-order valence-electron chi connectivity index (χ3n) is 8.55. The van der Waals surface area contributed by atoms with Crippen molar-refractivity contribution in [1.29, 1.82) is 0 Å². The molecule has 0 aromatic heterocycles. The fraction of sp³-hybridized carbons (Fsp3) is 0.818. The highest BCUT2D eigenvalue weighted by Gasteiger charge is 2.64. The Balaban J connectivity index is 1.57. The Kier molecular flexibility index (Phi) is 3.24. The van der Waals surface area contributed by atoms with E-state index in [2.05, 4.69) is 32.9 Å². The van der Waals surface area contributed by atoms with Crippen LogP contribution in [-0.4, -0.2) is 19.0 Å². The van der Waals surface area contributed by atoms with Gasteiger partial charge in [-0.25, -0.2) is 0 Å². The van der Waals surface area contributed by atoms with E-state index in [1.54, 1.807) is 11.1 Å². The van der Waals surface area contributed by atoms with Crippen molar-refractivity contribution >= 4 is 0 Å². The summed E-state index contributed by atoms with van der Waals surface area (Å²) in [5.41, 5.74) is 4.13. The minimum Gasteiger partial charge on any atom is -0.347 e. The molecule has 5 rings (SSSR count). The first-order valence-corrected chi connectivity index (χ1v) is 10.2. The molecule has 3 unspecified atom stereocenters. The summed E-state index contributed by atoms with van der Waals surface area (Å²) < 4.78 is 12.5. The van der Waals surface area contributed by atoms with Crippen LogP contribution in [-0.2, 0) is 9.47 Å². The topological polar surface area (TPSA) is 18.5 Å². The van der Waals surface area contributed by atoms with Gasteiger partial charge < -0.3 is 9.47 Å². The van der Waals surface area contributed by atoms with Gasteiger partial charge in [-0.1, -0.05) is 44.1 Å². The fourth-order valence-corrected chi connectivity index (χ4v) is 7.12. The molecule has 4 aliphatic carbocycles. The van der Waals surface area contributed by atoms with Gasteiger partial charge in [-0.3, -0.25) is 0 Å². The number of ether oxygens (including phenoxy) is 2. The normalized spacial score (nSPS) is 49.2. The first-order chi connectivity index (χ1) is 11.5. The molecular formula is C22H32O2. The zero-order valence-electron chi connectivity index (χ0n) is 15.6. The van der Waals surface area contributed by atoms with Gasteiger partial charge in [-0.05, 0) is 56.3 Å². The maximum Gasteiger partial charge on any atom is 0.174 e. The molecule has 1 aliphatic heterocycles. The Hall–Kier alpha value is -0.600. The molecule has 0 radical (unpaired) electrons. The largest absolute Gasteiger partial charge is 0.347 e. The monoisotopic (exact) mass is 328 g/mol. The maximum absolute atomic E-state index is 6.24. The van der Waals surface area contributed by atoms with Crippen LogP contribution in [0.2, 0.25) is 0 Å². The SMILES string of the molecule is CC1C=C[C@]2(C)C3=C(CCC2C1)C1CCC2(OCCO2)[C@@]1(C)CC3. The predicted molar refractivity (Wildman–Crippen MR) is 95.5 cm³/mol. The highest BCUT2D eigenvalue weighted by molar-refractivity contribution is 5.38. The molecule has 1 heterocycles. The molecule has 132 valence electrons. The van der Waals surface area contributed by atoms with Crippen molar-refractivity contribution in [2.24, 2.45) is 28.6 Å². The van der Waals surface area contributed by atoms with Crippen LogP contribution < -0.4 is 0 Å². The Morgan fingerprint density at radius 2 is 1.83 bits per heavy atom. The van der Waals surface area contributed by atoms with Crippen LogP contribution in [0.1, 0.15) is 65.7 Å².